The minimum atomic E-state index is -0.408. The van der Waals surface area contributed by atoms with Gasteiger partial charge in [0.15, 0.2) is 0 Å². The maximum absolute atomic E-state index is 13.5. The zero-order valence-corrected chi connectivity index (χ0v) is 23.8. The largest absolute Gasteiger partial charge is 0.390 e. The molecular formula is C29H38Cl3F2N3O. The zero-order chi connectivity index (χ0) is 24.5. The Balaban J connectivity index is 0.00000241. The number of nitrogens with one attached hydrogen (secondary N) is 1. The van der Waals surface area contributed by atoms with Crippen LogP contribution in [0.5, 0.6) is 0 Å². The average molecular weight is 589 g/mol. The Morgan fingerprint density at radius 3 is 1.74 bits per heavy atom. The second-order valence-corrected chi connectivity index (χ2v) is 9.34. The standard InChI is InChI=1S/C29H35F2N3O.3ClH/c30-25-12-8-23(9-13-25)29(24-10-14-26(31)15-11-24)7-4-16-33-17-19-34(20-18-33)22-28(35)21-32-27-5-2-1-3-6-27;;;/h1-3,5-6,8-15,28-29,32,35H,4,7,16-22H2;3*1H/t28-;;;/m0.../s1. The quantitative estimate of drug-likeness (QED) is 0.278. The summed E-state index contributed by atoms with van der Waals surface area (Å²) in [6.07, 6.45) is 1.51. The first-order valence-electron chi connectivity index (χ1n) is 12.5. The highest BCUT2D eigenvalue weighted by molar-refractivity contribution is 5.86. The highest BCUT2D eigenvalue weighted by Crippen LogP contribution is 2.30. The van der Waals surface area contributed by atoms with E-state index in [1.807, 2.05) is 54.6 Å². The molecule has 9 heteroatoms. The van der Waals surface area contributed by atoms with Crippen molar-refractivity contribution in [2.24, 2.45) is 0 Å². The molecule has 0 aliphatic carbocycles. The Labute approximate surface area is 243 Å². The maximum atomic E-state index is 13.5. The number of hydrogen-bond acceptors (Lipinski definition) is 4. The molecule has 2 N–H and O–H groups in total. The fourth-order valence-electron chi connectivity index (χ4n) is 4.78. The second kappa shape index (κ2) is 17.6. The van der Waals surface area contributed by atoms with Gasteiger partial charge in [-0.05, 0) is 66.9 Å². The third kappa shape index (κ3) is 10.7. The van der Waals surface area contributed by atoms with Crippen LogP contribution in [0.4, 0.5) is 14.5 Å². The molecule has 1 saturated heterocycles. The molecule has 4 rings (SSSR count). The van der Waals surface area contributed by atoms with Gasteiger partial charge >= 0.3 is 0 Å². The summed E-state index contributed by atoms with van der Waals surface area (Å²) in [4.78, 5) is 4.80. The lowest BCUT2D eigenvalue weighted by molar-refractivity contribution is 0.0776. The van der Waals surface area contributed by atoms with Crippen molar-refractivity contribution in [1.82, 2.24) is 9.80 Å². The number of nitrogens with zero attached hydrogens (tertiary/aromatic N) is 2. The molecule has 4 nitrogen and oxygen atoms in total. The number of β-amino-alcohol motifs (C(OH)–C–C–N with tert-alkyl or cyclic N) is 1. The molecule has 0 saturated carbocycles. The molecular weight excluding hydrogens is 551 g/mol. The van der Waals surface area contributed by atoms with E-state index in [0.29, 0.717) is 13.1 Å². The topological polar surface area (TPSA) is 38.7 Å². The molecule has 0 unspecified atom stereocenters. The van der Waals surface area contributed by atoms with Crippen molar-refractivity contribution in [3.63, 3.8) is 0 Å². The zero-order valence-electron chi connectivity index (χ0n) is 21.3. The molecule has 1 atom stereocenters. The van der Waals surface area contributed by atoms with Crippen LogP contribution in [0.2, 0.25) is 0 Å². The van der Waals surface area contributed by atoms with Gasteiger partial charge in [-0.15, -0.1) is 37.2 Å². The summed E-state index contributed by atoms with van der Waals surface area (Å²) in [7, 11) is 0. The predicted molar refractivity (Wildman–Crippen MR) is 159 cm³/mol. The number of halogens is 5. The van der Waals surface area contributed by atoms with Crippen LogP contribution in [0.15, 0.2) is 78.9 Å². The number of benzene rings is 3. The van der Waals surface area contributed by atoms with E-state index in [0.717, 1.165) is 62.4 Å². The molecule has 38 heavy (non-hydrogen) atoms. The molecule has 1 aliphatic heterocycles. The Kier molecular flexibility index (Phi) is 15.8. The van der Waals surface area contributed by atoms with Gasteiger partial charge in [0.2, 0.25) is 0 Å². The van der Waals surface area contributed by atoms with Crippen molar-refractivity contribution in [1.29, 1.82) is 0 Å². The lowest BCUT2D eigenvalue weighted by Gasteiger charge is -2.36. The Hall–Kier alpha value is -1.93. The Bertz CT molecular complexity index is 976. The number of piperazine rings is 1. The summed E-state index contributed by atoms with van der Waals surface area (Å²) >= 11 is 0. The molecule has 210 valence electrons. The molecule has 0 radical (unpaired) electrons. The summed E-state index contributed by atoms with van der Waals surface area (Å²) < 4.78 is 26.9. The Morgan fingerprint density at radius 2 is 1.21 bits per heavy atom. The highest BCUT2D eigenvalue weighted by atomic mass is 35.5. The summed E-state index contributed by atoms with van der Waals surface area (Å²) in [5.41, 5.74) is 3.14. The van der Waals surface area contributed by atoms with Crippen LogP contribution in [0.25, 0.3) is 0 Å². The van der Waals surface area contributed by atoms with Gasteiger partial charge in [-0.25, -0.2) is 8.78 Å². The molecule has 0 bridgehead atoms. The smallest absolute Gasteiger partial charge is 0.123 e. The molecule has 1 aliphatic rings. The minimum absolute atomic E-state index is 0. The fraction of sp³-hybridized carbons (Fsp3) is 0.379. The van der Waals surface area contributed by atoms with Crippen LogP contribution in [0.1, 0.15) is 29.9 Å². The van der Waals surface area contributed by atoms with Gasteiger partial charge in [0.05, 0.1) is 6.10 Å². The molecule has 3 aromatic carbocycles. The molecule has 0 amide bonds. The normalized spacial score (nSPS) is 14.6. The van der Waals surface area contributed by atoms with E-state index in [2.05, 4.69) is 15.1 Å². The summed E-state index contributed by atoms with van der Waals surface area (Å²) in [6.45, 7) is 6.06. The van der Waals surface area contributed by atoms with Gasteiger partial charge in [0, 0.05) is 50.9 Å². The van der Waals surface area contributed by atoms with Gasteiger partial charge in [-0.3, -0.25) is 4.90 Å². The molecule has 1 heterocycles. The molecule has 0 aromatic heterocycles. The highest BCUT2D eigenvalue weighted by Gasteiger charge is 2.20. The van der Waals surface area contributed by atoms with Gasteiger partial charge in [0.25, 0.3) is 0 Å². The van der Waals surface area contributed by atoms with E-state index in [1.54, 1.807) is 0 Å². The number of anilines is 1. The summed E-state index contributed by atoms with van der Waals surface area (Å²) in [6, 6.07) is 23.3. The van der Waals surface area contributed by atoms with Crippen molar-refractivity contribution in [3.8, 4) is 0 Å². The third-order valence-corrected chi connectivity index (χ3v) is 6.76. The van der Waals surface area contributed by atoms with Crippen LogP contribution in [0, 0.1) is 11.6 Å². The van der Waals surface area contributed by atoms with E-state index in [1.165, 1.54) is 24.3 Å². The first-order valence-corrected chi connectivity index (χ1v) is 12.5. The van der Waals surface area contributed by atoms with Crippen molar-refractivity contribution >= 4 is 42.9 Å². The summed E-state index contributed by atoms with van der Waals surface area (Å²) in [5.74, 6) is -0.374. The van der Waals surface area contributed by atoms with E-state index in [9.17, 15) is 13.9 Å². The van der Waals surface area contributed by atoms with Crippen LogP contribution in [-0.2, 0) is 0 Å². The van der Waals surface area contributed by atoms with E-state index >= 15 is 0 Å². The van der Waals surface area contributed by atoms with Crippen molar-refractivity contribution in [2.75, 3.05) is 51.1 Å². The van der Waals surface area contributed by atoms with E-state index < -0.39 is 6.10 Å². The fourth-order valence-corrected chi connectivity index (χ4v) is 4.78. The SMILES string of the molecule is Cl.Cl.Cl.O[C@@H](CNc1ccccc1)CN1CCN(CCCC(c2ccc(F)cc2)c2ccc(F)cc2)CC1. The number of aliphatic hydroxyl groups is 1. The lowest BCUT2D eigenvalue weighted by Crippen LogP contribution is -2.49. The van der Waals surface area contributed by atoms with Crippen molar-refractivity contribution in [2.45, 2.75) is 24.9 Å². The minimum Gasteiger partial charge on any atom is -0.390 e. The van der Waals surface area contributed by atoms with E-state index in [-0.39, 0.29) is 54.8 Å². The van der Waals surface area contributed by atoms with Crippen LogP contribution < -0.4 is 5.32 Å². The number of rotatable bonds is 11. The van der Waals surface area contributed by atoms with Gasteiger partial charge in [-0.1, -0.05) is 42.5 Å². The average Bonchev–Trinajstić information content (AvgIpc) is 2.88. The Morgan fingerprint density at radius 1 is 0.711 bits per heavy atom. The lowest BCUT2D eigenvalue weighted by atomic mass is 9.87. The first-order chi connectivity index (χ1) is 17.1. The number of aliphatic hydroxyl groups excluding tert-OH is 1. The van der Waals surface area contributed by atoms with Crippen LogP contribution in [0.3, 0.4) is 0 Å². The monoisotopic (exact) mass is 587 g/mol. The van der Waals surface area contributed by atoms with Gasteiger partial charge in [0.1, 0.15) is 11.6 Å². The van der Waals surface area contributed by atoms with Gasteiger partial charge in [-0.2, -0.15) is 0 Å². The molecule has 0 spiro atoms. The molecule has 3 aromatic rings. The van der Waals surface area contributed by atoms with Crippen LogP contribution >= 0.6 is 37.2 Å². The first kappa shape index (κ1) is 34.1. The van der Waals surface area contributed by atoms with Crippen molar-refractivity contribution < 1.29 is 13.9 Å². The van der Waals surface area contributed by atoms with Crippen molar-refractivity contribution in [3.05, 3.63) is 102 Å². The third-order valence-electron chi connectivity index (χ3n) is 6.76. The molecule has 1 fully saturated rings. The van der Waals surface area contributed by atoms with Crippen LogP contribution in [-0.4, -0.2) is 66.8 Å². The summed E-state index contributed by atoms with van der Waals surface area (Å²) in [5, 5.41) is 13.7. The maximum Gasteiger partial charge on any atom is 0.123 e. The number of hydrogen-bond donors (Lipinski definition) is 2. The second-order valence-electron chi connectivity index (χ2n) is 9.34. The predicted octanol–water partition coefficient (Wildman–Crippen LogP) is 6.23. The number of para-hydroxylation sites is 1. The van der Waals surface area contributed by atoms with Gasteiger partial charge < -0.3 is 15.3 Å². The van der Waals surface area contributed by atoms with E-state index in [4.69, 9.17) is 0 Å².